The van der Waals surface area contributed by atoms with Crippen LogP contribution < -0.4 is 5.32 Å². The lowest BCUT2D eigenvalue weighted by molar-refractivity contribution is -0.122. The predicted molar refractivity (Wildman–Crippen MR) is 69.0 cm³/mol. The van der Waals surface area contributed by atoms with Gasteiger partial charge in [0.25, 0.3) is 0 Å². The summed E-state index contributed by atoms with van der Waals surface area (Å²) in [7, 11) is 0. The molecule has 0 aliphatic heterocycles. The highest BCUT2D eigenvalue weighted by atomic mass is 16.2. The molecule has 0 spiro atoms. The number of H-pyrrole nitrogens is 1. The summed E-state index contributed by atoms with van der Waals surface area (Å²) in [6, 6.07) is 0. The lowest BCUT2D eigenvalue weighted by atomic mass is 9.89. The second-order valence-corrected chi connectivity index (χ2v) is 5.70. The Labute approximate surface area is 108 Å². The second kappa shape index (κ2) is 5.12. The van der Waals surface area contributed by atoms with Crippen LogP contribution in [0.5, 0.6) is 0 Å². The van der Waals surface area contributed by atoms with E-state index < -0.39 is 0 Å². The molecule has 0 bridgehead atoms. The molecule has 4 heteroatoms. The van der Waals surface area contributed by atoms with Gasteiger partial charge >= 0.3 is 0 Å². The van der Waals surface area contributed by atoms with E-state index in [0.29, 0.717) is 11.8 Å². The summed E-state index contributed by atoms with van der Waals surface area (Å²) < 4.78 is 0. The smallest absolute Gasteiger partial charge is 0.223 e. The molecule has 2 fully saturated rings. The Hall–Kier alpha value is -1.32. The Balaban J connectivity index is 1.43. The van der Waals surface area contributed by atoms with Gasteiger partial charge in [-0.3, -0.25) is 4.79 Å². The molecule has 3 rings (SSSR count). The number of rotatable bonds is 4. The number of nitrogens with one attached hydrogen (secondary N) is 2. The van der Waals surface area contributed by atoms with Crippen molar-refractivity contribution in [2.45, 2.75) is 44.4 Å². The molecule has 1 heterocycles. The molecule has 1 aromatic rings. The van der Waals surface area contributed by atoms with Gasteiger partial charge in [-0.25, -0.2) is 4.98 Å². The Bertz CT molecular complexity index is 395. The van der Waals surface area contributed by atoms with Gasteiger partial charge in [0.2, 0.25) is 5.91 Å². The third kappa shape index (κ3) is 2.57. The van der Waals surface area contributed by atoms with Crippen molar-refractivity contribution < 1.29 is 4.79 Å². The van der Waals surface area contributed by atoms with Gasteiger partial charge in [0.05, 0.1) is 6.33 Å². The van der Waals surface area contributed by atoms with E-state index in [4.69, 9.17) is 0 Å². The monoisotopic (exact) mass is 247 g/mol. The van der Waals surface area contributed by atoms with Crippen molar-refractivity contribution in [2.24, 2.45) is 11.8 Å². The maximum Gasteiger partial charge on any atom is 0.223 e. The first kappa shape index (κ1) is 11.8. The molecule has 2 saturated carbocycles. The van der Waals surface area contributed by atoms with Gasteiger partial charge in [0.15, 0.2) is 0 Å². The number of hydrogen-bond acceptors (Lipinski definition) is 2. The number of aromatic nitrogens is 2. The molecule has 98 valence electrons. The molecule has 2 aliphatic carbocycles. The Kier molecular flexibility index (Phi) is 3.35. The topological polar surface area (TPSA) is 57.8 Å². The van der Waals surface area contributed by atoms with Crippen LogP contribution >= 0.6 is 0 Å². The molecule has 0 aromatic carbocycles. The van der Waals surface area contributed by atoms with Gasteiger partial charge in [0, 0.05) is 30.3 Å². The largest absolute Gasteiger partial charge is 0.356 e. The summed E-state index contributed by atoms with van der Waals surface area (Å²) in [5.74, 6) is 1.50. The first-order valence-electron chi connectivity index (χ1n) is 7.10. The molecular weight excluding hydrogens is 226 g/mol. The van der Waals surface area contributed by atoms with E-state index in [2.05, 4.69) is 15.3 Å². The van der Waals surface area contributed by atoms with Crippen molar-refractivity contribution in [3.63, 3.8) is 0 Å². The minimum Gasteiger partial charge on any atom is -0.356 e. The fraction of sp³-hybridized carbons (Fsp3) is 0.714. The fourth-order valence-electron chi connectivity index (χ4n) is 3.07. The Morgan fingerprint density at radius 2 is 2.22 bits per heavy atom. The molecule has 0 saturated heterocycles. The summed E-state index contributed by atoms with van der Waals surface area (Å²) in [5.41, 5.74) is 1.10. The quantitative estimate of drug-likeness (QED) is 0.857. The van der Waals surface area contributed by atoms with Crippen molar-refractivity contribution in [1.29, 1.82) is 0 Å². The number of nitrogens with zero attached hydrogens (tertiary/aromatic N) is 1. The molecule has 18 heavy (non-hydrogen) atoms. The zero-order valence-electron chi connectivity index (χ0n) is 10.7. The average molecular weight is 247 g/mol. The van der Waals surface area contributed by atoms with Gasteiger partial charge in [-0.05, 0) is 25.2 Å². The van der Waals surface area contributed by atoms with Gasteiger partial charge in [-0.15, -0.1) is 0 Å². The van der Waals surface area contributed by atoms with E-state index >= 15 is 0 Å². The van der Waals surface area contributed by atoms with Crippen molar-refractivity contribution >= 4 is 5.91 Å². The van der Waals surface area contributed by atoms with E-state index in [0.717, 1.165) is 18.7 Å². The van der Waals surface area contributed by atoms with Gasteiger partial charge in [0.1, 0.15) is 0 Å². The van der Waals surface area contributed by atoms with Crippen LogP contribution in [0.25, 0.3) is 0 Å². The molecule has 0 radical (unpaired) electrons. The second-order valence-electron chi connectivity index (χ2n) is 5.70. The van der Waals surface area contributed by atoms with Crippen LogP contribution in [0, 0.1) is 11.8 Å². The van der Waals surface area contributed by atoms with Crippen LogP contribution in [0.1, 0.15) is 50.1 Å². The summed E-state index contributed by atoms with van der Waals surface area (Å²) in [4.78, 5) is 19.1. The molecular formula is C14H21N3O. The van der Waals surface area contributed by atoms with Crippen molar-refractivity contribution in [1.82, 2.24) is 15.3 Å². The summed E-state index contributed by atoms with van der Waals surface area (Å²) >= 11 is 0. The minimum atomic E-state index is 0.175. The molecule has 2 N–H and O–H groups in total. The number of aromatic amines is 1. The maximum absolute atomic E-state index is 12.0. The average Bonchev–Trinajstić information content (AvgIpc) is 3.03. The van der Waals surface area contributed by atoms with Crippen LogP contribution in [0.2, 0.25) is 0 Å². The summed E-state index contributed by atoms with van der Waals surface area (Å²) in [5, 5.41) is 3.13. The van der Waals surface area contributed by atoms with Gasteiger partial charge in [-0.2, -0.15) is 0 Å². The van der Waals surface area contributed by atoms with E-state index in [1.807, 2.05) is 6.20 Å². The van der Waals surface area contributed by atoms with Crippen molar-refractivity contribution in [3.8, 4) is 0 Å². The lowest BCUT2D eigenvalue weighted by Crippen LogP contribution is -2.31. The molecule has 1 aromatic heterocycles. The molecule has 2 aliphatic rings. The number of carbonyl (C=O) groups is 1. The van der Waals surface area contributed by atoms with E-state index in [1.54, 1.807) is 6.33 Å². The zero-order chi connectivity index (χ0) is 12.4. The lowest BCUT2D eigenvalue weighted by Gasteiger charge is -2.21. The van der Waals surface area contributed by atoms with Gasteiger partial charge < -0.3 is 10.3 Å². The summed E-state index contributed by atoms with van der Waals surface area (Å²) in [6.07, 6.45) is 11.1. The van der Waals surface area contributed by atoms with E-state index in [-0.39, 0.29) is 11.8 Å². The third-order valence-corrected chi connectivity index (χ3v) is 4.34. The minimum absolute atomic E-state index is 0.175. The molecule has 2 unspecified atom stereocenters. The third-order valence-electron chi connectivity index (χ3n) is 4.34. The van der Waals surface area contributed by atoms with Crippen LogP contribution in [0.4, 0.5) is 0 Å². The van der Waals surface area contributed by atoms with Crippen LogP contribution in [-0.4, -0.2) is 22.4 Å². The normalized spacial score (nSPS) is 28.0. The van der Waals surface area contributed by atoms with E-state index in [1.165, 1.54) is 32.1 Å². The standard InChI is InChI=1S/C14H21N3O/c18-14(16-7-10-4-2-1-3-5-10)12-6-11(12)13-8-15-9-17-13/h8-12H,1-7H2,(H,15,17)(H,16,18). The first-order valence-corrected chi connectivity index (χ1v) is 7.10. The highest BCUT2D eigenvalue weighted by molar-refractivity contribution is 5.82. The van der Waals surface area contributed by atoms with Gasteiger partial charge in [-0.1, -0.05) is 19.3 Å². The number of carbonyl (C=O) groups excluding carboxylic acids is 1. The fourth-order valence-corrected chi connectivity index (χ4v) is 3.07. The first-order chi connectivity index (χ1) is 8.84. The molecule has 2 atom stereocenters. The van der Waals surface area contributed by atoms with Crippen LogP contribution in [0.3, 0.4) is 0 Å². The highest BCUT2D eigenvalue weighted by Gasteiger charge is 2.44. The van der Waals surface area contributed by atoms with E-state index in [9.17, 15) is 4.79 Å². The van der Waals surface area contributed by atoms with Crippen molar-refractivity contribution in [3.05, 3.63) is 18.2 Å². The predicted octanol–water partition coefficient (Wildman–Crippen LogP) is 2.21. The summed E-state index contributed by atoms with van der Waals surface area (Å²) in [6.45, 7) is 0.880. The SMILES string of the molecule is O=C(NCC1CCCCC1)C1CC1c1cnc[nH]1. The number of hydrogen-bond donors (Lipinski definition) is 2. The van der Waals surface area contributed by atoms with Crippen LogP contribution in [0.15, 0.2) is 12.5 Å². The Morgan fingerprint density at radius 1 is 1.39 bits per heavy atom. The zero-order valence-corrected chi connectivity index (χ0v) is 10.7. The molecule has 4 nitrogen and oxygen atoms in total. The Morgan fingerprint density at radius 3 is 2.94 bits per heavy atom. The van der Waals surface area contributed by atoms with Crippen molar-refractivity contribution in [2.75, 3.05) is 6.54 Å². The highest BCUT2D eigenvalue weighted by Crippen LogP contribution is 2.46. The molecule has 1 amide bonds. The number of amides is 1. The van der Waals surface area contributed by atoms with Crippen LogP contribution in [-0.2, 0) is 4.79 Å². The number of imidazole rings is 1. The maximum atomic E-state index is 12.0.